The Hall–Kier alpha value is -3.66. The summed E-state index contributed by atoms with van der Waals surface area (Å²) in [5.74, 6) is 3.36. The first-order valence-corrected chi connectivity index (χ1v) is 12.4. The van der Waals surface area contributed by atoms with Crippen molar-refractivity contribution in [2.45, 2.75) is 11.7 Å². The average molecular weight is 494 g/mol. The maximum atomic E-state index is 12.4. The summed E-state index contributed by atoms with van der Waals surface area (Å²) in [4.78, 5) is 26.0. The lowest BCUT2D eigenvalue weighted by Crippen LogP contribution is -2.46. The topological polar surface area (TPSA) is 89.1 Å². The number of amides is 1. The summed E-state index contributed by atoms with van der Waals surface area (Å²) < 4.78 is 15.9. The molecule has 3 aromatic rings. The molecule has 0 unspecified atom stereocenters. The van der Waals surface area contributed by atoms with E-state index in [9.17, 15) is 4.79 Å². The second-order valence-electron chi connectivity index (χ2n) is 8.12. The molecule has 10 heteroatoms. The molecule has 3 heterocycles. The Bertz CT molecular complexity index is 1170. The minimum absolute atomic E-state index is 0.0743. The van der Waals surface area contributed by atoms with Crippen LogP contribution in [0.5, 0.6) is 17.2 Å². The van der Waals surface area contributed by atoms with Crippen molar-refractivity contribution < 1.29 is 19.0 Å². The minimum atomic E-state index is -0.0743. The van der Waals surface area contributed by atoms with E-state index in [1.807, 2.05) is 36.4 Å². The predicted octanol–water partition coefficient (Wildman–Crippen LogP) is 2.95. The smallest absolute Gasteiger partial charge is 0.231 e. The van der Waals surface area contributed by atoms with E-state index in [1.165, 1.54) is 17.4 Å². The van der Waals surface area contributed by atoms with E-state index >= 15 is 0 Å². The molecule has 0 spiro atoms. The van der Waals surface area contributed by atoms with Gasteiger partial charge in [0, 0.05) is 44.6 Å². The van der Waals surface area contributed by atoms with Crippen LogP contribution in [-0.4, -0.2) is 61.7 Å². The quantitative estimate of drug-likeness (QED) is 0.376. The Balaban J connectivity index is 1.09. The third-order valence-corrected chi connectivity index (χ3v) is 6.78. The Labute approximate surface area is 208 Å². The third-order valence-electron chi connectivity index (χ3n) is 5.92. The van der Waals surface area contributed by atoms with Gasteiger partial charge in [-0.15, -0.1) is 0 Å². The summed E-state index contributed by atoms with van der Waals surface area (Å²) in [6.07, 6.45) is 1.75. The van der Waals surface area contributed by atoms with Crippen LogP contribution in [0.25, 0.3) is 0 Å². The minimum Gasteiger partial charge on any atom is -0.497 e. The van der Waals surface area contributed by atoms with Gasteiger partial charge in [0.05, 0.1) is 12.9 Å². The van der Waals surface area contributed by atoms with E-state index < -0.39 is 0 Å². The lowest BCUT2D eigenvalue weighted by atomic mass is 10.2. The van der Waals surface area contributed by atoms with E-state index in [-0.39, 0.29) is 18.5 Å². The highest BCUT2D eigenvalue weighted by Crippen LogP contribution is 2.32. The van der Waals surface area contributed by atoms with Gasteiger partial charge in [-0.3, -0.25) is 4.79 Å². The van der Waals surface area contributed by atoms with E-state index in [0.717, 1.165) is 49.1 Å². The highest BCUT2D eigenvalue weighted by molar-refractivity contribution is 7.99. The highest BCUT2D eigenvalue weighted by atomic mass is 32.2. The highest BCUT2D eigenvalue weighted by Gasteiger charge is 2.19. The number of nitrogens with one attached hydrogen (secondary N) is 1. The second-order valence-corrected chi connectivity index (χ2v) is 9.07. The van der Waals surface area contributed by atoms with E-state index in [0.29, 0.717) is 17.5 Å². The van der Waals surface area contributed by atoms with Crippen molar-refractivity contribution in [3.8, 4) is 17.2 Å². The number of thioether (sulfide) groups is 1. The number of carbonyl (C=O) groups excluding carboxylic acids is 1. The van der Waals surface area contributed by atoms with Crippen LogP contribution >= 0.6 is 11.8 Å². The van der Waals surface area contributed by atoms with E-state index in [4.69, 9.17) is 14.2 Å². The lowest BCUT2D eigenvalue weighted by Gasteiger charge is -2.36. The van der Waals surface area contributed by atoms with Crippen LogP contribution < -0.4 is 29.3 Å². The molecule has 35 heavy (non-hydrogen) atoms. The summed E-state index contributed by atoms with van der Waals surface area (Å²) in [5.41, 5.74) is 2.15. The third kappa shape index (κ3) is 5.71. The number of carbonyl (C=O) groups is 1. The Morgan fingerprint density at radius 1 is 1.03 bits per heavy atom. The van der Waals surface area contributed by atoms with Crippen LogP contribution in [0.1, 0.15) is 5.56 Å². The zero-order valence-corrected chi connectivity index (χ0v) is 20.3. The summed E-state index contributed by atoms with van der Waals surface area (Å²) in [6, 6.07) is 15.7. The van der Waals surface area contributed by atoms with Crippen LogP contribution in [0.4, 0.5) is 11.5 Å². The fourth-order valence-electron chi connectivity index (χ4n) is 4.00. The van der Waals surface area contributed by atoms with Gasteiger partial charge in [-0.1, -0.05) is 17.8 Å². The number of piperazine rings is 1. The summed E-state index contributed by atoms with van der Waals surface area (Å²) in [7, 11) is 1.68. The van der Waals surface area contributed by atoms with Crippen LogP contribution in [0, 0.1) is 0 Å². The van der Waals surface area contributed by atoms with Gasteiger partial charge in [-0.25, -0.2) is 9.97 Å². The predicted molar refractivity (Wildman–Crippen MR) is 135 cm³/mol. The zero-order valence-electron chi connectivity index (χ0n) is 19.5. The van der Waals surface area contributed by atoms with Gasteiger partial charge in [-0.05, 0) is 48.0 Å². The van der Waals surface area contributed by atoms with Gasteiger partial charge in [0.25, 0.3) is 0 Å². The molecule has 2 aliphatic heterocycles. The Morgan fingerprint density at radius 3 is 2.60 bits per heavy atom. The number of hydrogen-bond donors (Lipinski definition) is 1. The molecule has 1 fully saturated rings. The standard InChI is InChI=1S/C25H27N5O4S/c1-32-20-5-3-19(4-6-20)29-10-12-30(13-11-29)23-8-9-26-25(28-23)35-16-24(31)27-15-18-2-7-21-22(14-18)34-17-33-21/h2-9,14H,10-13,15-17H2,1H3,(H,27,31). The summed E-state index contributed by atoms with van der Waals surface area (Å²) >= 11 is 1.33. The fraction of sp³-hybridized carbons (Fsp3) is 0.320. The molecule has 9 nitrogen and oxygen atoms in total. The van der Waals surface area contributed by atoms with Crippen molar-refractivity contribution in [3.05, 3.63) is 60.3 Å². The van der Waals surface area contributed by atoms with Crippen molar-refractivity contribution in [3.63, 3.8) is 0 Å². The first kappa shape index (κ1) is 23.1. The van der Waals surface area contributed by atoms with E-state index in [1.54, 1.807) is 13.3 Å². The molecule has 1 saturated heterocycles. The maximum absolute atomic E-state index is 12.4. The number of benzene rings is 2. The number of rotatable bonds is 8. The Kier molecular flexibility index (Phi) is 7.08. The number of anilines is 2. The van der Waals surface area contributed by atoms with Crippen LogP contribution in [0.15, 0.2) is 59.9 Å². The molecule has 0 bridgehead atoms. The van der Waals surface area contributed by atoms with Gasteiger partial charge in [0.15, 0.2) is 16.7 Å². The van der Waals surface area contributed by atoms with Crippen molar-refractivity contribution in [2.75, 3.05) is 55.6 Å². The van der Waals surface area contributed by atoms with Crippen molar-refractivity contribution in [1.82, 2.24) is 15.3 Å². The van der Waals surface area contributed by atoms with Gasteiger partial charge in [-0.2, -0.15) is 0 Å². The second kappa shape index (κ2) is 10.7. The van der Waals surface area contributed by atoms with Gasteiger partial charge < -0.3 is 29.3 Å². The van der Waals surface area contributed by atoms with Gasteiger partial charge in [0.1, 0.15) is 11.6 Å². The maximum Gasteiger partial charge on any atom is 0.231 e. The zero-order chi connectivity index (χ0) is 24.0. The van der Waals surface area contributed by atoms with Crippen molar-refractivity contribution >= 4 is 29.2 Å². The summed E-state index contributed by atoms with van der Waals surface area (Å²) in [6.45, 7) is 4.20. The number of aromatic nitrogens is 2. The normalized spacial score (nSPS) is 14.7. The Morgan fingerprint density at radius 2 is 1.80 bits per heavy atom. The molecule has 2 aromatic carbocycles. The molecule has 0 radical (unpaired) electrons. The molecule has 1 aromatic heterocycles. The molecule has 2 aliphatic rings. The number of nitrogens with zero attached hydrogens (tertiary/aromatic N) is 4. The van der Waals surface area contributed by atoms with Crippen LogP contribution in [0.3, 0.4) is 0 Å². The molecular formula is C25H27N5O4S. The van der Waals surface area contributed by atoms with E-state index in [2.05, 4.69) is 37.2 Å². The molecular weight excluding hydrogens is 466 g/mol. The number of ether oxygens (including phenoxy) is 3. The number of fused-ring (bicyclic) bond motifs is 1. The molecule has 1 N–H and O–H groups in total. The SMILES string of the molecule is COc1ccc(N2CCN(c3ccnc(SCC(=O)NCc4ccc5c(c4)OCO5)n3)CC2)cc1. The number of hydrogen-bond acceptors (Lipinski definition) is 9. The molecule has 0 aliphatic carbocycles. The molecule has 1 amide bonds. The number of methoxy groups -OCH3 is 1. The van der Waals surface area contributed by atoms with Gasteiger partial charge in [0.2, 0.25) is 12.7 Å². The van der Waals surface area contributed by atoms with Gasteiger partial charge >= 0.3 is 0 Å². The molecule has 182 valence electrons. The first-order chi connectivity index (χ1) is 17.2. The van der Waals surface area contributed by atoms with Crippen molar-refractivity contribution in [1.29, 1.82) is 0 Å². The largest absolute Gasteiger partial charge is 0.497 e. The molecule has 5 rings (SSSR count). The first-order valence-electron chi connectivity index (χ1n) is 11.4. The average Bonchev–Trinajstić information content (AvgIpc) is 3.39. The lowest BCUT2D eigenvalue weighted by molar-refractivity contribution is -0.118. The molecule has 0 atom stereocenters. The summed E-state index contributed by atoms with van der Waals surface area (Å²) in [5, 5.41) is 3.53. The van der Waals surface area contributed by atoms with Crippen LogP contribution in [0.2, 0.25) is 0 Å². The van der Waals surface area contributed by atoms with Crippen molar-refractivity contribution in [2.24, 2.45) is 0 Å². The monoisotopic (exact) mass is 493 g/mol. The molecule has 0 saturated carbocycles. The fourth-order valence-corrected chi connectivity index (χ4v) is 4.65. The van der Waals surface area contributed by atoms with Crippen LogP contribution in [-0.2, 0) is 11.3 Å².